The number of amides is 1. The Hall–Kier alpha value is -1.88. The van der Waals surface area contributed by atoms with Crippen molar-refractivity contribution in [1.29, 1.82) is 0 Å². The maximum atomic E-state index is 12.9. The third-order valence-corrected chi connectivity index (χ3v) is 6.24. The van der Waals surface area contributed by atoms with Gasteiger partial charge in [-0.3, -0.25) is 4.79 Å². The standard InChI is InChI=1S/C21H23BrN2O2/c22-19-6-2-1-5-15(19)8-11-21(25)24-16-9-10-17(24)14-18(13-16)26-20-7-3-4-12-23-20/h1-7,12,16-18H,8-11,13-14H2/t16-,17-/m0/s1. The van der Waals surface area contributed by atoms with Gasteiger partial charge in [0.2, 0.25) is 11.8 Å². The Morgan fingerprint density at radius 3 is 2.54 bits per heavy atom. The normalized spacial score (nSPS) is 24.5. The van der Waals surface area contributed by atoms with Crippen LogP contribution in [0.3, 0.4) is 0 Å². The van der Waals surface area contributed by atoms with Crippen LogP contribution in [0.5, 0.6) is 5.88 Å². The van der Waals surface area contributed by atoms with Gasteiger partial charge in [0.1, 0.15) is 6.10 Å². The van der Waals surface area contributed by atoms with Gasteiger partial charge in [-0.2, -0.15) is 0 Å². The molecule has 2 bridgehead atoms. The number of ether oxygens (including phenoxy) is 1. The Morgan fingerprint density at radius 1 is 1.12 bits per heavy atom. The topological polar surface area (TPSA) is 42.4 Å². The molecule has 2 atom stereocenters. The highest BCUT2D eigenvalue weighted by molar-refractivity contribution is 9.10. The number of carbonyl (C=O) groups is 1. The van der Waals surface area contributed by atoms with Crippen molar-refractivity contribution in [3.63, 3.8) is 0 Å². The average molecular weight is 415 g/mol. The zero-order chi connectivity index (χ0) is 17.9. The van der Waals surface area contributed by atoms with Crippen molar-refractivity contribution in [3.8, 4) is 5.88 Å². The minimum absolute atomic E-state index is 0.162. The van der Waals surface area contributed by atoms with Gasteiger partial charge in [-0.25, -0.2) is 4.98 Å². The molecule has 2 saturated heterocycles. The van der Waals surface area contributed by atoms with Crippen molar-refractivity contribution in [1.82, 2.24) is 9.88 Å². The molecule has 136 valence electrons. The molecule has 1 amide bonds. The fourth-order valence-electron chi connectivity index (χ4n) is 4.29. The van der Waals surface area contributed by atoms with Gasteiger partial charge in [0.05, 0.1) is 0 Å². The van der Waals surface area contributed by atoms with Gasteiger partial charge in [-0.1, -0.05) is 40.2 Å². The highest BCUT2D eigenvalue weighted by atomic mass is 79.9. The predicted octanol–water partition coefficient (Wildman–Crippen LogP) is 4.38. The molecule has 26 heavy (non-hydrogen) atoms. The lowest BCUT2D eigenvalue weighted by molar-refractivity contribution is -0.137. The molecule has 0 N–H and O–H groups in total. The minimum Gasteiger partial charge on any atom is -0.474 e. The van der Waals surface area contributed by atoms with Crippen LogP contribution in [-0.2, 0) is 11.2 Å². The molecule has 0 spiro atoms. The Kier molecular flexibility index (Phi) is 5.25. The lowest BCUT2D eigenvalue weighted by Crippen LogP contribution is -2.49. The second kappa shape index (κ2) is 7.78. The molecule has 4 rings (SSSR count). The second-order valence-electron chi connectivity index (χ2n) is 7.16. The molecule has 2 aliphatic rings. The van der Waals surface area contributed by atoms with Crippen LogP contribution in [0.2, 0.25) is 0 Å². The summed E-state index contributed by atoms with van der Waals surface area (Å²) in [6.07, 6.45) is 7.27. The third kappa shape index (κ3) is 3.78. The van der Waals surface area contributed by atoms with Gasteiger partial charge in [0.15, 0.2) is 0 Å². The molecule has 0 radical (unpaired) electrons. The second-order valence-corrected chi connectivity index (χ2v) is 8.01. The summed E-state index contributed by atoms with van der Waals surface area (Å²) in [6.45, 7) is 0. The molecule has 4 nitrogen and oxygen atoms in total. The lowest BCUT2D eigenvalue weighted by Gasteiger charge is -2.38. The van der Waals surface area contributed by atoms with E-state index in [1.807, 2.05) is 36.4 Å². The van der Waals surface area contributed by atoms with Crippen molar-refractivity contribution in [3.05, 3.63) is 58.7 Å². The highest BCUT2D eigenvalue weighted by Crippen LogP contribution is 2.37. The van der Waals surface area contributed by atoms with E-state index in [0.717, 1.165) is 36.6 Å². The van der Waals surface area contributed by atoms with E-state index in [-0.39, 0.29) is 12.0 Å². The van der Waals surface area contributed by atoms with Crippen molar-refractivity contribution in [2.45, 2.75) is 56.7 Å². The summed E-state index contributed by atoms with van der Waals surface area (Å²) in [5.41, 5.74) is 1.20. The number of piperidine rings is 1. The molecular weight excluding hydrogens is 392 g/mol. The molecule has 0 unspecified atom stereocenters. The van der Waals surface area contributed by atoms with E-state index < -0.39 is 0 Å². The summed E-state index contributed by atoms with van der Waals surface area (Å²) in [5.74, 6) is 0.968. The van der Waals surface area contributed by atoms with E-state index in [1.165, 1.54) is 5.56 Å². The largest absolute Gasteiger partial charge is 0.474 e. The zero-order valence-corrected chi connectivity index (χ0v) is 16.3. The molecule has 0 aliphatic carbocycles. The fourth-order valence-corrected chi connectivity index (χ4v) is 4.77. The monoisotopic (exact) mass is 414 g/mol. The SMILES string of the molecule is O=C(CCc1ccccc1Br)N1[C@H]2CC[C@H]1CC(Oc1ccccn1)C2. The average Bonchev–Trinajstić information content (AvgIpc) is 2.93. The summed E-state index contributed by atoms with van der Waals surface area (Å²) < 4.78 is 7.14. The molecule has 2 aromatic rings. The van der Waals surface area contributed by atoms with Crippen LogP contribution in [0.15, 0.2) is 53.1 Å². The van der Waals surface area contributed by atoms with Gasteiger partial charge < -0.3 is 9.64 Å². The van der Waals surface area contributed by atoms with Gasteiger partial charge in [0, 0.05) is 48.1 Å². The Bertz CT molecular complexity index is 754. The summed E-state index contributed by atoms with van der Waals surface area (Å²) in [4.78, 5) is 19.3. The number of aryl methyl sites for hydroxylation is 1. The molecule has 2 aliphatic heterocycles. The van der Waals surface area contributed by atoms with Crippen LogP contribution in [0.1, 0.15) is 37.7 Å². The number of carbonyl (C=O) groups excluding carboxylic acids is 1. The first-order chi connectivity index (χ1) is 12.7. The summed E-state index contributed by atoms with van der Waals surface area (Å²) in [7, 11) is 0. The van der Waals surface area contributed by atoms with E-state index in [0.29, 0.717) is 24.4 Å². The molecule has 1 aromatic heterocycles. The maximum absolute atomic E-state index is 12.9. The Morgan fingerprint density at radius 2 is 1.85 bits per heavy atom. The number of aromatic nitrogens is 1. The number of hydrogen-bond acceptors (Lipinski definition) is 3. The van der Waals surface area contributed by atoms with Crippen molar-refractivity contribution in [2.24, 2.45) is 0 Å². The first kappa shape index (κ1) is 17.5. The van der Waals surface area contributed by atoms with Gasteiger partial charge in [-0.15, -0.1) is 0 Å². The molecule has 0 saturated carbocycles. The number of benzene rings is 1. The van der Waals surface area contributed by atoms with Gasteiger partial charge in [0.25, 0.3) is 0 Å². The number of rotatable bonds is 5. The van der Waals surface area contributed by atoms with E-state index in [4.69, 9.17) is 4.74 Å². The lowest BCUT2D eigenvalue weighted by atomic mass is 9.98. The molecular formula is C21H23BrN2O2. The van der Waals surface area contributed by atoms with Gasteiger partial charge in [-0.05, 0) is 37.0 Å². The minimum atomic E-state index is 0.162. The van der Waals surface area contributed by atoms with Crippen LogP contribution in [0.25, 0.3) is 0 Å². The predicted molar refractivity (Wildman–Crippen MR) is 104 cm³/mol. The number of hydrogen-bond donors (Lipinski definition) is 0. The van der Waals surface area contributed by atoms with Crippen LogP contribution < -0.4 is 4.74 Å². The van der Waals surface area contributed by atoms with E-state index in [9.17, 15) is 4.79 Å². The van der Waals surface area contributed by atoms with Crippen LogP contribution >= 0.6 is 15.9 Å². The van der Waals surface area contributed by atoms with Crippen LogP contribution in [0.4, 0.5) is 0 Å². The van der Waals surface area contributed by atoms with E-state index in [1.54, 1.807) is 6.20 Å². The summed E-state index contributed by atoms with van der Waals surface area (Å²) in [5, 5.41) is 0. The van der Waals surface area contributed by atoms with Crippen molar-refractivity contribution < 1.29 is 9.53 Å². The zero-order valence-electron chi connectivity index (χ0n) is 14.7. The molecule has 2 fully saturated rings. The highest BCUT2D eigenvalue weighted by Gasteiger charge is 2.43. The molecule has 1 aromatic carbocycles. The van der Waals surface area contributed by atoms with Crippen LogP contribution in [0, 0.1) is 0 Å². The molecule has 3 heterocycles. The van der Waals surface area contributed by atoms with Crippen LogP contribution in [-0.4, -0.2) is 34.0 Å². The quantitative estimate of drug-likeness (QED) is 0.728. The van der Waals surface area contributed by atoms with E-state index in [2.05, 4.69) is 31.9 Å². The van der Waals surface area contributed by atoms with Crippen molar-refractivity contribution in [2.75, 3.05) is 0 Å². The van der Waals surface area contributed by atoms with Crippen molar-refractivity contribution >= 4 is 21.8 Å². The summed E-state index contributed by atoms with van der Waals surface area (Å²) >= 11 is 3.57. The summed E-state index contributed by atoms with van der Waals surface area (Å²) in [6, 6.07) is 14.5. The number of halogens is 1. The smallest absolute Gasteiger partial charge is 0.223 e. The number of pyridine rings is 1. The van der Waals surface area contributed by atoms with Gasteiger partial charge >= 0.3 is 0 Å². The number of fused-ring (bicyclic) bond motifs is 2. The third-order valence-electron chi connectivity index (χ3n) is 5.47. The first-order valence-corrected chi connectivity index (χ1v) is 10.1. The number of nitrogens with zero attached hydrogens (tertiary/aromatic N) is 2. The first-order valence-electron chi connectivity index (χ1n) is 9.33. The van der Waals surface area contributed by atoms with E-state index >= 15 is 0 Å². The Labute approximate surface area is 162 Å². The fraction of sp³-hybridized carbons (Fsp3) is 0.429. The Balaban J connectivity index is 1.35. The maximum Gasteiger partial charge on any atom is 0.223 e. The molecule has 5 heteroatoms.